The number of hydrogen-bond donors (Lipinski definition) is 1. The van der Waals surface area contributed by atoms with Gasteiger partial charge in [0.2, 0.25) is 0 Å². The van der Waals surface area contributed by atoms with Gasteiger partial charge in [0.25, 0.3) is 5.91 Å². The third kappa shape index (κ3) is 3.65. The zero-order valence-corrected chi connectivity index (χ0v) is 13.9. The van der Waals surface area contributed by atoms with Crippen molar-refractivity contribution in [2.75, 3.05) is 5.32 Å². The Balaban J connectivity index is 1.62. The molecule has 0 aliphatic rings. The van der Waals surface area contributed by atoms with E-state index in [0.717, 1.165) is 16.9 Å². The number of nitrogens with one attached hydrogen (secondary N) is 1. The van der Waals surface area contributed by atoms with Gasteiger partial charge in [-0.3, -0.25) is 9.48 Å². The first-order valence-corrected chi connectivity index (χ1v) is 7.61. The van der Waals surface area contributed by atoms with Gasteiger partial charge in [0, 0.05) is 19.3 Å². The first-order chi connectivity index (χ1) is 11.5. The maximum Gasteiger partial charge on any atom is 0.292 e. The molecule has 0 unspecified atom stereocenters. The first kappa shape index (κ1) is 15.9. The van der Waals surface area contributed by atoms with Crippen LogP contribution in [0.5, 0.6) is 5.75 Å². The van der Waals surface area contributed by atoms with Crippen LogP contribution in [-0.2, 0) is 13.7 Å². The number of carbonyl (C=O) groups is 1. The van der Waals surface area contributed by atoms with Crippen LogP contribution in [0, 0.1) is 13.8 Å². The summed E-state index contributed by atoms with van der Waals surface area (Å²) in [4.78, 5) is 12.1. The average molecular weight is 325 g/mol. The Kier molecular flexibility index (Phi) is 4.37. The molecule has 0 aliphatic heterocycles. The fraction of sp³-hybridized carbons (Fsp3) is 0.222. The molecule has 3 rings (SSSR count). The summed E-state index contributed by atoms with van der Waals surface area (Å²) < 4.78 is 12.9. The smallest absolute Gasteiger partial charge is 0.292 e. The highest BCUT2D eigenvalue weighted by molar-refractivity contribution is 6.01. The Hall–Kier alpha value is -3.02. The van der Waals surface area contributed by atoms with Gasteiger partial charge in [-0.2, -0.15) is 5.10 Å². The lowest BCUT2D eigenvalue weighted by Gasteiger charge is -2.08. The molecule has 6 heteroatoms. The maximum atomic E-state index is 12.1. The van der Waals surface area contributed by atoms with Crippen molar-refractivity contribution in [1.82, 2.24) is 9.78 Å². The van der Waals surface area contributed by atoms with E-state index >= 15 is 0 Å². The highest BCUT2D eigenvalue weighted by atomic mass is 16.5. The van der Waals surface area contributed by atoms with Gasteiger partial charge < -0.3 is 14.5 Å². The lowest BCUT2D eigenvalue weighted by molar-refractivity contribution is 0.0992. The number of carbonyl (C=O) groups excluding carboxylic acids is 1. The van der Waals surface area contributed by atoms with E-state index in [2.05, 4.69) is 10.4 Å². The van der Waals surface area contributed by atoms with E-state index in [1.54, 1.807) is 36.1 Å². The molecule has 3 aromatic rings. The molecular formula is C18H19N3O3. The zero-order valence-electron chi connectivity index (χ0n) is 13.9. The number of furan rings is 1. The Labute approximate surface area is 140 Å². The van der Waals surface area contributed by atoms with Crippen LogP contribution >= 0.6 is 0 Å². The standard InChI is InChI=1S/C18H19N3O3/c1-12-4-5-13(2)16(10-12)23-11-14-6-7-15(24-14)18(22)19-17-8-9-21(3)20-17/h4-10H,11H2,1-3H3,(H,19,20,22). The molecule has 6 nitrogen and oxygen atoms in total. The van der Waals surface area contributed by atoms with E-state index in [0.29, 0.717) is 11.6 Å². The summed E-state index contributed by atoms with van der Waals surface area (Å²) in [7, 11) is 1.78. The van der Waals surface area contributed by atoms with Gasteiger partial charge in [-0.05, 0) is 43.2 Å². The quantitative estimate of drug-likeness (QED) is 0.780. The Morgan fingerprint density at radius 2 is 2.08 bits per heavy atom. The molecule has 2 aromatic heterocycles. The van der Waals surface area contributed by atoms with Crippen molar-refractivity contribution < 1.29 is 13.9 Å². The molecule has 0 saturated carbocycles. The molecule has 1 amide bonds. The number of rotatable bonds is 5. The predicted octanol–water partition coefficient (Wildman–Crippen LogP) is 3.46. The number of nitrogens with zero attached hydrogens (tertiary/aromatic N) is 2. The molecule has 0 atom stereocenters. The summed E-state index contributed by atoms with van der Waals surface area (Å²) in [6.07, 6.45) is 1.75. The number of ether oxygens (including phenoxy) is 1. The van der Waals surface area contributed by atoms with Gasteiger partial charge in [-0.25, -0.2) is 0 Å². The van der Waals surface area contributed by atoms with E-state index in [4.69, 9.17) is 9.15 Å². The number of benzene rings is 1. The third-order valence-corrected chi connectivity index (χ3v) is 3.55. The zero-order chi connectivity index (χ0) is 17.1. The fourth-order valence-corrected chi connectivity index (χ4v) is 2.25. The third-order valence-electron chi connectivity index (χ3n) is 3.55. The number of amides is 1. The Bertz CT molecular complexity index is 864. The van der Waals surface area contributed by atoms with E-state index < -0.39 is 0 Å². The lowest BCUT2D eigenvalue weighted by Crippen LogP contribution is -2.11. The summed E-state index contributed by atoms with van der Waals surface area (Å²) in [6, 6.07) is 11.1. The minimum Gasteiger partial charge on any atom is -0.485 e. The van der Waals surface area contributed by atoms with Crippen molar-refractivity contribution in [1.29, 1.82) is 0 Å². The van der Waals surface area contributed by atoms with Crippen molar-refractivity contribution in [3.8, 4) is 5.75 Å². The van der Waals surface area contributed by atoms with Crippen LogP contribution in [0.4, 0.5) is 5.82 Å². The molecule has 124 valence electrons. The van der Waals surface area contributed by atoms with Gasteiger partial charge in [0.15, 0.2) is 11.6 Å². The van der Waals surface area contributed by atoms with E-state index in [-0.39, 0.29) is 18.3 Å². The van der Waals surface area contributed by atoms with Crippen LogP contribution < -0.4 is 10.1 Å². The second kappa shape index (κ2) is 6.62. The molecule has 0 bridgehead atoms. The summed E-state index contributed by atoms with van der Waals surface area (Å²) in [5.41, 5.74) is 2.19. The first-order valence-electron chi connectivity index (χ1n) is 7.61. The van der Waals surface area contributed by atoms with Crippen LogP contribution in [0.3, 0.4) is 0 Å². The van der Waals surface area contributed by atoms with Crippen molar-refractivity contribution in [2.45, 2.75) is 20.5 Å². The van der Waals surface area contributed by atoms with Crippen molar-refractivity contribution in [3.63, 3.8) is 0 Å². The highest BCUT2D eigenvalue weighted by Crippen LogP contribution is 2.21. The molecule has 0 fully saturated rings. The van der Waals surface area contributed by atoms with Crippen LogP contribution in [0.1, 0.15) is 27.4 Å². The summed E-state index contributed by atoms with van der Waals surface area (Å²) in [5, 5.41) is 6.77. The van der Waals surface area contributed by atoms with Crippen LogP contribution in [-0.4, -0.2) is 15.7 Å². The Morgan fingerprint density at radius 1 is 1.25 bits per heavy atom. The van der Waals surface area contributed by atoms with Crippen LogP contribution in [0.15, 0.2) is 47.0 Å². The lowest BCUT2D eigenvalue weighted by atomic mass is 10.1. The second-order valence-corrected chi connectivity index (χ2v) is 5.65. The maximum absolute atomic E-state index is 12.1. The van der Waals surface area contributed by atoms with Gasteiger partial charge >= 0.3 is 0 Å². The topological polar surface area (TPSA) is 69.3 Å². The summed E-state index contributed by atoms with van der Waals surface area (Å²) >= 11 is 0. The van der Waals surface area contributed by atoms with Gasteiger partial charge in [-0.1, -0.05) is 12.1 Å². The minimum atomic E-state index is -0.341. The summed E-state index contributed by atoms with van der Waals surface area (Å²) in [6.45, 7) is 4.27. The number of aryl methyl sites for hydroxylation is 3. The average Bonchev–Trinajstić information content (AvgIpc) is 3.17. The van der Waals surface area contributed by atoms with E-state index in [9.17, 15) is 4.79 Å². The van der Waals surface area contributed by atoms with Crippen molar-refractivity contribution in [3.05, 3.63) is 65.2 Å². The van der Waals surface area contributed by atoms with Crippen molar-refractivity contribution >= 4 is 11.7 Å². The predicted molar refractivity (Wildman–Crippen MR) is 90.1 cm³/mol. The van der Waals surface area contributed by atoms with Crippen LogP contribution in [0.2, 0.25) is 0 Å². The molecule has 2 heterocycles. The minimum absolute atomic E-state index is 0.222. The van der Waals surface area contributed by atoms with E-state index in [1.807, 2.05) is 32.0 Å². The Morgan fingerprint density at radius 3 is 2.83 bits per heavy atom. The van der Waals surface area contributed by atoms with Gasteiger partial charge in [0.1, 0.15) is 18.1 Å². The molecule has 0 radical (unpaired) electrons. The number of anilines is 1. The monoisotopic (exact) mass is 325 g/mol. The summed E-state index contributed by atoms with van der Waals surface area (Å²) in [5.74, 6) is 1.76. The molecule has 24 heavy (non-hydrogen) atoms. The molecule has 0 aliphatic carbocycles. The normalized spacial score (nSPS) is 10.6. The van der Waals surface area contributed by atoms with E-state index in [1.165, 1.54) is 0 Å². The van der Waals surface area contributed by atoms with Crippen molar-refractivity contribution in [2.24, 2.45) is 7.05 Å². The SMILES string of the molecule is Cc1ccc(C)c(OCc2ccc(C(=O)Nc3ccn(C)n3)o2)c1. The fourth-order valence-electron chi connectivity index (χ4n) is 2.25. The van der Waals surface area contributed by atoms with Gasteiger partial charge in [0.05, 0.1) is 0 Å². The molecule has 0 spiro atoms. The molecule has 0 saturated heterocycles. The second-order valence-electron chi connectivity index (χ2n) is 5.65. The number of aromatic nitrogens is 2. The molecule has 1 N–H and O–H groups in total. The largest absolute Gasteiger partial charge is 0.485 e. The van der Waals surface area contributed by atoms with Crippen LogP contribution in [0.25, 0.3) is 0 Å². The highest BCUT2D eigenvalue weighted by Gasteiger charge is 2.13. The van der Waals surface area contributed by atoms with Gasteiger partial charge in [-0.15, -0.1) is 0 Å². The molecular weight excluding hydrogens is 306 g/mol. The number of hydrogen-bond acceptors (Lipinski definition) is 4. The molecule has 1 aromatic carbocycles.